The number of ether oxygens (including phenoxy) is 3. The summed E-state index contributed by atoms with van der Waals surface area (Å²) in [6.07, 6.45) is 83.1. The average Bonchev–Trinajstić information content (AvgIpc) is 3.40. The maximum atomic E-state index is 12.8. The summed E-state index contributed by atoms with van der Waals surface area (Å²) in [5, 5.41) is 0. The molecule has 0 aromatic rings. The zero-order valence-electron chi connectivity index (χ0n) is 48.6. The maximum absolute atomic E-state index is 12.8. The summed E-state index contributed by atoms with van der Waals surface area (Å²) in [5.74, 6) is -1.06. The van der Waals surface area contributed by atoms with Gasteiger partial charge in [-0.2, -0.15) is 0 Å². The highest BCUT2D eigenvalue weighted by Crippen LogP contribution is 2.17. The van der Waals surface area contributed by atoms with Gasteiger partial charge >= 0.3 is 17.9 Å². The molecular formula is C68H116O6. The van der Waals surface area contributed by atoms with Crippen molar-refractivity contribution < 1.29 is 28.6 Å². The number of allylic oxidation sites excluding steroid dienone is 15. The Labute approximate surface area is 457 Å². The van der Waals surface area contributed by atoms with Crippen LogP contribution in [0.15, 0.2) is 97.2 Å². The first-order chi connectivity index (χ1) is 36.5. The van der Waals surface area contributed by atoms with E-state index in [0.717, 1.165) is 109 Å². The van der Waals surface area contributed by atoms with E-state index < -0.39 is 12.1 Å². The topological polar surface area (TPSA) is 78.9 Å². The number of hydrogen-bond acceptors (Lipinski definition) is 6. The molecule has 0 aromatic heterocycles. The molecule has 1 atom stereocenters. The van der Waals surface area contributed by atoms with Crippen LogP contribution in [-0.2, 0) is 28.6 Å². The first-order valence-corrected chi connectivity index (χ1v) is 31.2. The SMILES string of the molecule is CC/C=C\C/C=C\C/C=C\C/C=C\C/C=C\CC(=O)OC(COC(=O)CCCCCCC/C=C\C/C=C\C/C=C\CC)COC(=O)CCCCCCCCCCCCCCCCCCCCCCCCCCCC. The summed E-state index contributed by atoms with van der Waals surface area (Å²) in [7, 11) is 0. The Morgan fingerprint density at radius 2 is 0.568 bits per heavy atom. The number of unbranched alkanes of at least 4 members (excludes halogenated alkanes) is 30. The second-order valence-corrected chi connectivity index (χ2v) is 20.6. The van der Waals surface area contributed by atoms with Gasteiger partial charge < -0.3 is 14.2 Å². The lowest BCUT2D eigenvalue weighted by molar-refractivity contribution is -0.166. The molecule has 0 N–H and O–H groups in total. The molecule has 0 saturated heterocycles. The van der Waals surface area contributed by atoms with E-state index in [0.29, 0.717) is 12.8 Å². The quantitative estimate of drug-likeness (QED) is 0.0261. The van der Waals surface area contributed by atoms with Gasteiger partial charge in [0, 0.05) is 12.8 Å². The summed E-state index contributed by atoms with van der Waals surface area (Å²) in [6.45, 7) is 6.34. The predicted molar refractivity (Wildman–Crippen MR) is 320 cm³/mol. The minimum Gasteiger partial charge on any atom is -0.462 e. The lowest BCUT2D eigenvalue weighted by atomic mass is 10.0. The van der Waals surface area contributed by atoms with Gasteiger partial charge in [0.2, 0.25) is 0 Å². The normalized spacial score (nSPS) is 12.7. The Morgan fingerprint density at radius 1 is 0.297 bits per heavy atom. The van der Waals surface area contributed by atoms with Crippen molar-refractivity contribution in [1.29, 1.82) is 0 Å². The van der Waals surface area contributed by atoms with Crippen LogP contribution in [0, 0.1) is 0 Å². The third-order valence-corrected chi connectivity index (χ3v) is 13.4. The number of esters is 3. The Balaban J connectivity index is 4.33. The summed E-state index contributed by atoms with van der Waals surface area (Å²) in [6, 6.07) is 0. The maximum Gasteiger partial charge on any atom is 0.310 e. The van der Waals surface area contributed by atoms with Crippen LogP contribution < -0.4 is 0 Å². The molecule has 0 aromatic carbocycles. The molecule has 74 heavy (non-hydrogen) atoms. The standard InChI is InChI=1S/C68H116O6/c1-4-7-10-13-16-19-22-25-28-29-30-31-32-33-34-35-36-37-38-41-43-46-49-52-55-58-61-67(70)73-64-65(74-68(71)62-59-56-53-50-47-44-40-27-24-21-18-15-12-9-6-3)63-72-66(69)60-57-54-51-48-45-42-39-26-23-20-17-14-11-8-5-2/h8-9,11-12,17-18,20-21,26-27,39-40,47,50,56,59,65H,4-7,10,13-16,19,22-25,28-38,41-46,48-49,51-55,57-58,60-64H2,1-3H3/b11-8-,12-9-,20-17-,21-18-,39-26-,40-27-,50-47-,59-56-. The van der Waals surface area contributed by atoms with E-state index in [4.69, 9.17) is 14.2 Å². The van der Waals surface area contributed by atoms with Crippen molar-refractivity contribution in [3.8, 4) is 0 Å². The van der Waals surface area contributed by atoms with Gasteiger partial charge in [0.05, 0.1) is 6.42 Å². The van der Waals surface area contributed by atoms with Crippen molar-refractivity contribution in [1.82, 2.24) is 0 Å². The molecule has 1 unspecified atom stereocenters. The van der Waals surface area contributed by atoms with Gasteiger partial charge in [-0.1, -0.05) is 298 Å². The summed E-state index contributed by atoms with van der Waals surface area (Å²) < 4.78 is 16.8. The third kappa shape index (κ3) is 59.2. The molecule has 0 rings (SSSR count). The van der Waals surface area contributed by atoms with E-state index in [9.17, 15) is 14.4 Å². The summed E-state index contributed by atoms with van der Waals surface area (Å²) in [4.78, 5) is 38.2. The highest BCUT2D eigenvalue weighted by Gasteiger charge is 2.19. The number of rotatable bonds is 56. The van der Waals surface area contributed by atoms with Gasteiger partial charge in [0.1, 0.15) is 13.2 Å². The van der Waals surface area contributed by atoms with Crippen molar-refractivity contribution >= 4 is 17.9 Å². The minimum atomic E-state index is -0.839. The van der Waals surface area contributed by atoms with Crippen molar-refractivity contribution in [2.75, 3.05) is 13.2 Å². The Kier molecular flexibility index (Phi) is 58.8. The van der Waals surface area contributed by atoms with Crippen LogP contribution in [0.1, 0.15) is 297 Å². The van der Waals surface area contributed by atoms with Gasteiger partial charge in [0.25, 0.3) is 0 Å². The van der Waals surface area contributed by atoms with E-state index in [2.05, 4.69) is 106 Å². The monoisotopic (exact) mass is 1030 g/mol. The molecule has 0 spiro atoms. The zero-order chi connectivity index (χ0) is 53.6. The Hall–Kier alpha value is -3.67. The second kappa shape index (κ2) is 61.9. The minimum absolute atomic E-state index is 0.0925. The molecular weight excluding hydrogens is 913 g/mol. The molecule has 0 fully saturated rings. The number of carbonyl (C=O) groups excluding carboxylic acids is 3. The van der Waals surface area contributed by atoms with Gasteiger partial charge in [-0.15, -0.1) is 0 Å². The van der Waals surface area contributed by atoms with Crippen molar-refractivity contribution in [3.05, 3.63) is 97.2 Å². The molecule has 0 aliphatic rings. The first kappa shape index (κ1) is 70.3. The summed E-state index contributed by atoms with van der Waals surface area (Å²) >= 11 is 0. The highest BCUT2D eigenvalue weighted by atomic mass is 16.6. The van der Waals surface area contributed by atoms with Crippen LogP contribution in [0.5, 0.6) is 0 Å². The molecule has 0 bridgehead atoms. The van der Waals surface area contributed by atoms with E-state index in [1.807, 2.05) is 6.08 Å². The molecule has 0 radical (unpaired) electrons. The van der Waals surface area contributed by atoms with Crippen molar-refractivity contribution in [2.45, 2.75) is 303 Å². The molecule has 424 valence electrons. The Bertz CT molecular complexity index is 1460. The van der Waals surface area contributed by atoms with E-state index in [1.54, 1.807) is 6.08 Å². The predicted octanol–water partition coefficient (Wildman–Crippen LogP) is 21.3. The molecule has 0 aliphatic heterocycles. The van der Waals surface area contributed by atoms with Crippen molar-refractivity contribution in [2.24, 2.45) is 0 Å². The van der Waals surface area contributed by atoms with Crippen LogP contribution in [0.4, 0.5) is 0 Å². The Morgan fingerprint density at radius 3 is 0.892 bits per heavy atom. The second-order valence-electron chi connectivity index (χ2n) is 20.6. The molecule has 0 amide bonds. The molecule has 6 nitrogen and oxygen atoms in total. The lowest BCUT2D eigenvalue weighted by Crippen LogP contribution is -2.30. The first-order valence-electron chi connectivity index (χ1n) is 31.2. The lowest BCUT2D eigenvalue weighted by Gasteiger charge is -2.18. The number of carbonyl (C=O) groups is 3. The number of hydrogen-bond donors (Lipinski definition) is 0. The zero-order valence-corrected chi connectivity index (χ0v) is 48.6. The van der Waals surface area contributed by atoms with Crippen LogP contribution in [0.3, 0.4) is 0 Å². The largest absolute Gasteiger partial charge is 0.462 e. The smallest absolute Gasteiger partial charge is 0.310 e. The average molecular weight is 1030 g/mol. The van der Waals surface area contributed by atoms with E-state index >= 15 is 0 Å². The van der Waals surface area contributed by atoms with E-state index in [1.165, 1.54) is 148 Å². The molecule has 0 heterocycles. The van der Waals surface area contributed by atoms with Crippen LogP contribution in [0.25, 0.3) is 0 Å². The fourth-order valence-corrected chi connectivity index (χ4v) is 8.77. The van der Waals surface area contributed by atoms with Gasteiger partial charge in [-0.3, -0.25) is 14.4 Å². The third-order valence-electron chi connectivity index (χ3n) is 13.4. The molecule has 6 heteroatoms. The fraction of sp³-hybridized carbons (Fsp3) is 0.721. The summed E-state index contributed by atoms with van der Waals surface area (Å²) in [5.41, 5.74) is 0. The van der Waals surface area contributed by atoms with Crippen molar-refractivity contribution in [3.63, 3.8) is 0 Å². The highest BCUT2D eigenvalue weighted by molar-refractivity contribution is 5.72. The van der Waals surface area contributed by atoms with E-state index in [-0.39, 0.29) is 31.6 Å². The molecule has 0 saturated carbocycles. The van der Waals surface area contributed by atoms with Gasteiger partial charge in [-0.05, 0) is 77.0 Å². The van der Waals surface area contributed by atoms with Gasteiger partial charge in [-0.25, -0.2) is 0 Å². The molecule has 0 aliphatic carbocycles. The van der Waals surface area contributed by atoms with Crippen LogP contribution in [0.2, 0.25) is 0 Å². The fourth-order valence-electron chi connectivity index (χ4n) is 8.77. The van der Waals surface area contributed by atoms with Crippen LogP contribution in [-0.4, -0.2) is 37.2 Å². The van der Waals surface area contributed by atoms with Crippen LogP contribution >= 0.6 is 0 Å². The van der Waals surface area contributed by atoms with Gasteiger partial charge in [0.15, 0.2) is 6.10 Å².